The molecule has 0 saturated heterocycles. The molecule has 2 aromatic carbocycles. The molecule has 0 bridgehead atoms. The van der Waals surface area contributed by atoms with Crippen LogP contribution < -0.4 is 10.6 Å². The van der Waals surface area contributed by atoms with Crippen LogP contribution in [0.25, 0.3) is 11.1 Å². The van der Waals surface area contributed by atoms with Crippen molar-refractivity contribution in [1.82, 2.24) is 10.6 Å². The maximum absolute atomic E-state index is 13.5. The number of aliphatic carboxylic acids is 1. The average Bonchev–Trinajstić information content (AvgIpc) is 3.09. The number of fused-ring (bicyclic) bond motifs is 3. The summed E-state index contributed by atoms with van der Waals surface area (Å²) in [5.41, 5.74) is 2.76. The summed E-state index contributed by atoms with van der Waals surface area (Å²) in [6, 6.07) is 15.3. The smallest absolute Gasteiger partial charge is 0.407 e. The number of carboxylic acids is 1. The van der Waals surface area contributed by atoms with Crippen LogP contribution >= 0.6 is 0 Å². The molecule has 35 heavy (non-hydrogen) atoms. The molecule has 7 nitrogen and oxygen atoms in total. The molecule has 0 fully saturated rings. The molecule has 188 valence electrons. The van der Waals surface area contributed by atoms with Crippen molar-refractivity contribution < 1.29 is 37.4 Å². The lowest BCUT2D eigenvalue weighted by atomic mass is 9.96. The Hall–Kier alpha value is -3.56. The summed E-state index contributed by atoms with van der Waals surface area (Å²) in [5.74, 6) is -5.26. The van der Waals surface area contributed by atoms with Crippen LogP contribution in [0.1, 0.15) is 43.7 Å². The SMILES string of the molecule is CC(C)(CCC(=O)O)NC(=O)C(CNC(=O)OCC1c2ccccc2-c2ccccc21)C(F)(F)F. The Morgan fingerprint density at radius 2 is 1.54 bits per heavy atom. The molecule has 10 heteroatoms. The lowest BCUT2D eigenvalue weighted by Crippen LogP contribution is -2.52. The number of alkyl carbamates (subject to hydrolysis) is 1. The molecule has 2 amide bonds. The number of nitrogens with one attached hydrogen (secondary N) is 2. The Kier molecular flexibility index (Phi) is 7.72. The molecular formula is C25H27F3N2O5. The van der Waals surface area contributed by atoms with Gasteiger partial charge in [0, 0.05) is 24.4 Å². The summed E-state index contributed by atoms with van der Waals surface area (Å²) >= 11 is 0. The maximum atomic E-state index is 13.5. The largest absolute Gasteiger partial charge is 0.481 e. The number of hydrogen-bond acceptors (Lipinski definition) is 4. The number of benzene rings is 2. The van der Waals surface area contributed by atoms with E-state index in [-0.39, 0.29) is 25.4 Å². The van der Waals surface area contributed by atoms with Crippen LogP contribution in [0.5, 0.6) is 0 Å². The van der Waals surface area contributed by atoms with Crippen LogP contribution in [0, 0.1) is 5.92 Å². The van der Waals surface area contributed by atoms with Gasteiger partial charge in [-0.05, 0) is 42.5 Å². The van der Waals surface area contributed by atoms with E-state index in [1.54, 1.807) is 0 Å². The number of hydrogen-bond donors (Lipinski definition) is 3. The molecule has 2 aromatic rings. The summed E-state index contributed by atoms with van der Waals surface area (Å²) in [4.78, 5) is 35.3. The first-order valence-corrected chi connectivity index (χ1v) is 11.1. The topological polar surface area (TPSA) is 105 Å². The second-order valence-electron chi connectivity index (χ2n) is 9.07. The van der Waals surface area contributed by atoms with E-state index in [1.807, 2.05) is 53.8 Å². The molecule has 0 heterocycles. The van der Waals surface area contributed by atoms with Crippen LogP contribution in [0.2, 0.25) is 0 Å². The van der Waals surface area contributed by atoms with Crippen molar-refractivity contribution in [1.29, 1.82) is 0 Å². The molecule has 0 aliphatic heterocycles. The van der Waals surface area contributed by atoms with Gasteiger partial charge in [-0.3, -0.25) is 9.59 Å². The first-order valence-electron chi connectivity index (χ1n) is 11.1. The van der Waals surface area contributed by atoms with E-state index in [4.69, 9.17) is 9.84 Å². The van der Waals surface area contributed by atoms with Crippen LogP contribution in [0.3, 0.4) is 0 Å². The van der Waals surface area contributed by atoms with Gasteiger partial charge in [-0.1, -0.05) is 48.5 Å². The Labute approximate surface area is 200 Å². The van der Waals surface area contributed by atoms with Gasteiger partial charge in [-0.2, -0.15) is 13.2 Å². The van der Waals surface area contributed by atoms with Crippen molar-refractivity contribution >= 4 is 18.0 Å². The number of rotatable bonds is 9. The van der Waals surface area contributed by atoms with E-state index >= 15 is 0 Å². The normalized spacial score (nSPS) is 14.0. The van der Waals surface area contributed by atoms with Gasteiger partial charge in [0.2, 0.25) is 5.91 Å². The van der Waals surface area contributed by atoms with Gasteiger partial charge in [-0.25, -0.2) is 4.79 Å². The number of ether oxygens (including phenoxy) is 1. The zero-order chi connectivity index (χ0) is 25.8. The number of alkyl halides is 3. The van der Waals surface area contributed by atoms with Crippen molar-refractivity contribution in [2.24, 2.45) is 5.92 Å². The Morgan fingerprint density at radius 1 is 1.00 bits per heavy atom. The van der Waals surface area contributed by atoms with E-state index < -0.39 is 42.1 Å². The minimum atomic E-state index is -4.93. The molecule has 1 unspecified atom stereocenters. The average molecular weight is 492 g/mol. The summed E-state index contributed by atoms with van der Waals surface area (Å²) in [5, 5.41) is 13.0. The van der Waals surface area contributed by atoms with E-state index in [9.17, 15) is 27.6 Å². The van der Waals surface area contributed by atoms with Crippen molar-refractivity contribution in [2.75, 3.05) is 13.2 Å². The minimum absolute atomic E-state index is 0.0571. The summed E-state index contributed by atoms with van der Waals surface area (Å²) < 4.78 is 45.8. The third-order valence-corrected chi connectivity index (χ3v) is 5.93. The molecule has 1 aliphatic carbocycles. The second kappa shape index (κ2) is 10.4. The highest BCUT2D eigenvalue weighted by molar-refractivity contribution is 5.81. The molecule has 0 aromatic heterocycles. The van der Waals surface area contributed by atoms with Crippen LogP contribution in [-0.2, 0) is 14.3 Å². The minimum Gasteiger partial charge on any atom is -0.481 e. The van der Waals surface area contributed by atoms with Crippen LogP contribution in [-0.4, -0.2) is 47.9 Å². The standard InChI is InChI=1S/C25H27F3N2O5/c1-24(2,12-11-21(31)32)30-22(33)20(25(26,27)28)13-29-23(34)35-14-19-17-9-5-3-7-15(17)16-8-4-6-10-18(16)19/h3-10,19-20H,11-14H2,1-2H3,(H,29,34)(H,30,33)(H,31,32). The van der Waals surface area contributed by atoms with Crippen molar-refractivity contribution in [3.8, 4) is 11.1 Å². The van der Waals surface area contributed by atoms with E-state index in [0.717, 1.165) is 22.3 Å². The highest BCUT2D eigenvalue weighted by Crippen LogP contribution is 2.44. The maximum Gasteiger partial charge on any atom is 0.407 e. The molecule has 0 saturated carbocycles. The van der Waals surface area contributed by atoms with Gasteiger partial charge in [-0.15, -0.1) is 0 Å². The number of carbonyl (C=O) groups is 3. The predicted octanol–water partition coefficient (Wildman–Crippen LogP) is 4.46. The zero-order valence-corrected chi connectivity index (χ0v) is 19.3. The fourth-order valence-corrected chi connectivity index (χ4v) is 4.09. The van der Waals surface area contributed by atoms with E-state index in [2.05, 4.69) is 5.32 Å². The molecule has 3 N–H and O–H groups in total. The Bertz CT molecular complexity index is 1060. The summed E-state index contributed by atoms with van der Waals surface area (Å²) in [6.45, 7) is 1.77. The molecule has 3 rings (SSSR count). The molecular weight excluding hydrogens is 465 g/mol. The number of halogens is 3. The monoisotopic (exact) mass is 492 g/mol. The molecule has 0 spiro atoms. The van der Waals surface area contributed by atoms with Crippen LogP contribution in [0.4, 0.5) is 18.0 Å². The molecule has 0 radical (unpaired) electrons. The van der Waals surface area contributed by atoms with Gasteiger partial charge in [0.05, 0.1) is 0 Å². The van der Waals surface area contributed by atoms with E-state index in [0.29, 0.717) is 0 Å². The van der Waals surface area contributed by atoms with E-state index in [1.165, 1.54) is 13.8 Å². The first kappa shape index (κ1) is 26.1. The lowest BCUT2D eigenvalue weighted by Gasteiger charge is -2.29. The van der Waals surface area contributed by atoms with Gasteiger partial charge in [0.15, 0.2) is 5.92 Å². The summed E-state index contributed by atoms with van der Waals surface area (Å²) in [6.07, 6.45) is -6.37. The van der Waals surface area contributed by atoms with Crippen molar-refractivity contribution in [2.45, 2.75) is 44.3 Å². The summed E-state index contributed by atoms with van der Waals surface area (Å²) in [7, 11) is 0. The zero-order valence-electron chi connectivity index (χ0n) is 19.3. The third kappa shape index (κ3) is 6.52. The fourth-order valence-electron chi connectivity index (χ4n) is 4.09. The number of carbonyl (C=O) groups excluding carboxylic acids is 2. The van der Waals surface area contributed by atoms with Gasteiger partial charge in [0.25, 0.3) is 0 Å². The van der Waals surface area contributed by atoms with Crippen molar-refractivity contribution in [3.05, 3.63) is 59.7 Å². The number of amides is 2. The van der Waals surface area contributed by atoms with Gasteiger partial charge < -0.3 is 20.5 Å². The predicted molar refractivity (Wildman–Crippen MR) is 122 cm³/mol. The van der Waals surface area contributed by atoms with Gasteiger partial charge in [0.1, 0.15) is 6.61 Å². The second-order valence-corrected chi connectivity index (χ2v) is 9.07. The third-order valence-electron chi connectivity index (χ3n) is 5.93. The van der Waals surface area contributed by atoms with Crippen molar-refractivity contribution in [3.63, 3.8) is 0 Å². The Morgan fingerprint density at radius 3 is 2.06 bits per heavy atom. The fraction of sp³-hybridized carbons (Fsp3) is 0.400. The first-order chi connectivity index (χ1) is 16.4. The highest BCUT2D eigenvalue weighted by Gasteiger charge is 2.46. The Balaban J connectivity index is 1.60. The van der Waals surface area contributed by atoms with Gasteiger partial charge >= 0.3 is 18.2 Å². The lowest BCUT2D eigenvalue weighted by molar-refractivity contribution is -0.182. The van der Waals surface area contributed by atoms with Crippen LogP contribution in [0.15, 0.2) is 48.5 Å². The molecule has 1 atom stereocenters. The molecule has 1 aliphatic rings. The number of carboxylic acid groups (broad SMARTS) is 1. The quantitative estimate of drug-likeness (QED) is 0.479. The highest BCUT2D eigenvalue weighted by atomic mass is 19.4.